The Hall–Kier alpha value is -1.42. The SMILES string of the molecule is O=C(CCNc1cc(Cl)cc(Cl)c1)NCCc1ccc(Cl)cc1. The fourth-order valence-electron chi connectivity index (χ4n) is 2.06. The molecule has 2 rings (SSSR count). The fourth-order valence-corrected chi connectivity index (χ4v) is 2.71. The molecule has 1 amide bonds. The van der Waals surface area contributed by atoms with Crippen molar-refractivity contribution in [3.8, 4) is 0 Å². The van der Waals surface area contributed by atoms with E-state index in [2.05, 4.69) is 10.6 Å². The fraction of sp³-hybridized carbons (Fsp3) is 0.235. The minimum Gasteiger partial charge on any atom is -0.384 e. The smallest absolute Gasteiger partial charge is 0.221 e. The first-order chi connectivity index (χ1) is 11.0. The van der Waals surface area contributed by atoms with Crippen LogP contribution in [0.5, 0.6) is 0 Å². The lowest BCUT2D eigenvalue weighted by molar-refractivity contribution is -0.120. The summed E-state index contributed by atoms with van der Waals surface area (Å²) in [6.45, 7) is 1.12. The Bertz CT molecular complexity index is 639. The lowest BCUT2D eigenvalue weighted by Crippen LogP contribution is -2.27. The Balaban J connectivity index is 1.66. The number of hydrogen-bond donors (Lipinski definition) is 2. The highest BCUT2D eigenvalue weighted by Gasteiger charge is 2.02. The summed E-state index contributed by atoms with van der Waals surface area (Å²) in [5.74, 6) is -0.000381. The largest absolute Gasteiger partial charge is 0.384 e. The monoisotopic (exact) mass is 370 g/mol. The molecule has 0 saturated heterocycles. The molecule has 2 aromatic carbocycles. The van der Waals surface area contributed by atoms with Crippen LogP contribution in [-0.4, -0.2) is 19.0 Å². The van der Waals surface area contributed by atoms with Gasteiger partial charge < -0.3 is 10.6 Å². The normalized spacial score (nSPS) is 10.4. The molecule has 0 radical (unpaired) electrons. The molecule has 0 aromatic heterocycles. The van der Waals surface area contributed by atoms with E-state index in [1.165, 1.54) is 0 Å². The predicted octanol–water partition coefficient (Wildman–Crippen LogP) is 4.81. The van der Waals surface area contributed by atoms with Gasteiger partial charge in [0.25, 0.3) is 0 Å². The van der Waals surface area contributed by atoms with Crippen LogP contribution in [0.3, 0.4) is 0 Å². The standard InChI is InChI=1S/C17H17Cl3N2O/c18-13-3-1-12(2-4-13)5-7-22-17(23)6-8-21-16-10-14(19)9-15(20)11-16/h1-4,9-11,21H,5-8H2,(H,22,23). The van der Waals surface area contributed by atoms with Gasteiger partial charge in [-0.15, -0.1) is 0 Å². The summed E-state index contributed by atoms with van der Waals surface area (Å²) in [6.07, 6.45) is 1.16. The van der Waals surface area contributed by atoms with Crippen LogP contribution in [-0.2, 0) is 11.2 Å². The molecule has 0 atom stereocenters. The van der Waals surface area contributed by atoms with Crippen LogP contribution in [0.15, 0.2) is 42.5 Å². The molecule has 0 aliphatic heterocycles. The number of anilines is 1. The molecule has 0 aliphatic carbocycles. The number of carbonyl (C=O) groups is 1. The van der Waals surface area contributed by atoms with E-state index in [1.54, 1.807) is 18.2 Å². The molecule has 6 heteroatoms. The Morgan fingerprint density at radius 3 is 2.17 bits per heavy atom. The molecule has 2 aromatic rings. The first-order valence-corrected chi connectivity index (χ1v) is 8.37. The van der Waals surface area contributed by atoms with Crippen LogP contribution in [0, 0.1) is 0 Å². The van der Waals surface area contributed by atoms with Crippen molar-refractivity contribution in [3.05, 3.63) is 63.1 Å². The van der Waals surface area contributed by atoms with Gasteiger partial charge in [-0.25, -0.2) is 0 Å². The van der Waals surface area contributed by atoms with Crippen LogP contribution >= 0.6 is 34.8 Å². The van der Waals surface area contributed by atoms with E-state index in [1.807, 2.05) is 24.3 Å². The summed E-state index contributed by atoms with van der Waals surface area (Å²) in [7, 11) is 0. The van der Waals surface area contributed by atoms with Gasteiger partial charge in [0.15, 0.2) is 0 Å². The number of benzene rings is 2. The summed E-state index contributed by atoms with van der Waals surface area (Å²) in [5.41, 5.74) is 1.94. The molecular formula is C17H17Cl3N2O. The zero-order valence-corrected chi connectivity index (χ0v) is 14.7. The number of hydrogen-bond acceptors (Lipinski definition) is 2. The molecule has 0 unspecified atom stereocenters. The van der Waals surface area contributed by atoms with Gasteiger partial charge in [0.2, 0.25) is 5.91 Å². The average Bonchev–Trinajstić information content (AvgIpc) is 2.48. The molecule has 23 heavy (non-hydrogen) atoms. The lowest BCUT2D eigenvalue weighted by atomic mass is 10.1. The summed E-state index contributed by atoms with van der Waals surface area (Å²) in [6, 6.07) is 12.8. The van der Waals surface area contributed by atoms with E-state index in [9.17, 15) is 4.79 Å². The first kappa shape index (κ1) is 17.9. The van der Waals surface area contributed by atoms with Crippen LogP contribution < -0.4 is 10.6 Å². The topological polar surface area (TPSA) is 41.1 Å². The highest BCUT2D eigenvalue weighted by Crippen LogP contribution is 2.22. The zero-order chi connectivity index (χ0) is 16.7. The van der Waals surface area contributed by atoms with Gasteiger partial charge in [-0.3, -0.25) is 4.79 Å². The zero-order valence-electron chi connectivity index (χ0n) is 12.4. The summed E-state index contributed by atoms with van der Waals surface area (Å²) >= 11 is 17.7. The summed E-state index contributed by atoms with van der Waals surface area (Å²) in [4.78, 5) is 11.8. The maximum absolute atomic E-state index is 11.8. The van der Waals surface area contributed by atoms with Gasteiger partial charge >= 0.3 is 0 Å². The number of amides is 1. The van der Waals surface area contributed by atoms with Crippen molar-refractivity contribution in [3.63, 3.8) is 0 Å². The van der Waals surface area contributed by atoms with Crippen molar-refractivity contribution in [1.82, 2.24) is 5.32 Å². The van der Waals surface area contributed by atoms with E-state index < -0.39 is 0 Å². The molecule has 0 spiro atoms. The van der Waals surface area contributed by atoms with Gasteiger partial charge in [0, 0.05) is 40.3 Å². The molecule has 3 nitrogen and oxygen atoms in total. The van der Waals surface area contributed by atoms with Crippen molar-refractivity contribution in [2.24, 2.45) is 0 Å². The third-order valence-electron chi connectivity index (χ3n) is 3.19. The maximum Gasteiger partial charge on any atom is 0.221 e. The molecular weight excluding hydrogens is 355 g/mol. The number of halogens is 3. The average molecular weight is 372 g/mol. The highest BCUT2D eigenvalue weighted by molar-refractivity contribution is 6.35. The van der Waals surface area contributed by atoms with Crippen molar-refractivity contribution in [2.45, 2.75) is 12.8 Å². The summed E-state index contributed by atoms with van der Waals surface area (Å²) in [5, 5.41) is 7.86. The van der Waals surface area contributed by atoms with Crippen molar-refractivity contribution >= 4 is 46.4 Å². The van der Waals surface area contributed by atoms with E-state index in [-0.39, 0.29) is 5.91 Å². The Morgan fingerprint density at radius 1 is 0.870 bits per heavy atom. The second-order valence-electron chi connectivity index (χ2n) is 5.06. The van der Waals surface area contributed by atoms with Gasteiger partial charge in [0.05, 0.1) is 0 Å². The Labute approximate surface area is 150 Å². The van der Waals surface area contributed by atoms with Crippen LogP contribution in [0.4, 0.5) is 5.69 Å². The number of rotatable bonds is 7. The van der Waals surface area contributed by atoms with Crippen LogP contribution in [0.25, 0.3) is 0 Å². The van der Waals surface area contributed by atoms with Gasteiger partial charge in [-0.1, -0.05) is 46.9 Å². The molecule has 0 bridgehead atoms. The minimum absolute atomic E-state index is 0.000381. The van der Waals surface area contributed by atoms with E-state index in [4.69, 9.17) is 34.8 Å². The number of nitrogens with one attached hydrogen (secondary N) is 2. The van der Waals surface area contributed by atoms with Crippen molar-refractivity contribution < 1.29 is 4.79 Å². The molecule has 0 saturated carbocycles. The van der Waals surface area contributed by atoms with Gasteiger partial charge in [-0.05, 0) is 42.3 Å². The van der Waals surface area contributed by atoms with E-state index in [0.717, 1.165) is 17.7 Å². The van der Waals surface area contributed by atoms with Crippen LogP contribution in [0.2, 0.25) is 15.1 Å². The van der Waals surface area contributed by atoms with E-state index in [0.29, 0.717) is 34.6 Å². The lowest BCUT2D eigenvalue weighted by Gasteiger charge is -2.08. The first-order valence-electron chi connectivity index (χ1n) is 7.24. The second kappa shape index (κ2) is 9.02. The van der Waals surface area contributed by atoms with E-state index >= 15 is 0 Å². The minimum atomic E-state index is -0.000381. The molecule has 0 fully saturated rings. The number of carbonyl (C=O) groups excluding carboxylic acids is 1. The molecule has 2 N–H and O–H groups in total. The Morgan fingerprint density at radius 2 is 1.52 bits per heavy atom. The maximum atomic E-state index is 11.8. The predicted molar refractivity (Wildman–Crippen MR) is 97.7 cm³/mol. The second-order valence-corrected chi connectivity index (χ2v) is 6.37. The van der Waals surface area contributed by atoms with Gasteiger partial charge in [0.1, 0.15) is 0 Å². The molecule has 0 heterocycles. The van der Waals surface area contributed by atoms with Crippen molar-refractivity contribution in [2.75, 3.05) is 18.4 Å². The van der Waals surface area contributed by atoms with Crippen molar-refractivity contribution in [1.29, 1.82) is 0 Å². The summed E-state index contributed by atoms with van der Waals surface area (Å²) < 4.78 is 0. The quantitative estimate of drug-likeness (QED) is 0.733. The highest BCUT2D eigenvalue weighted by atomic mass is 35.5. The molecule has 122 valence electrons. The van der Waals surface area contributed by atoms with Gasteiger partial charge in [-0.2, -0.15) is 0 Å². The Kier molecular flexibility index (Phi) is 7.03. The van der Waals surface area contributed by atoms with Crippen LogP contribution in [0.1, 0.15) is 12.0 Å². The third-order valence-corrected chi connectivity index (χ3v) is 3.88. The third kappa shape index (κ3) is 6.69. The molecule has 0 aliphatic rings.